The second-order valence-electron chi connectivity index (χ2n) is 4.02. The van der Waals surface area contributed by atoms with Crippen molar-refractivity contribution in [2.45, 2.75) is 19.6 Å². The maximum atomic E-state index is 11.9. The van der Waals surface area contributed by atoms with Crippen LogP contribution >= 0.6 is 0 Å². The Morgan fingerprint density at radius 2 is 2.35 bits per heavy atom. The van der Waals surface area contributed by atoms with E-state index in [1.807, 2.05) is 6.07 Å². The van der Waals surface area contributed by atoms with Crippen molar-refractivity contribution in [1.29, 1.82) is 5.26 Å². The van der Waals surface area contributed by atoms with E-state index in [1.54, 1.807) is 31.2 Å². The fraction of sp³-hybridized carbons (Fsp3) is 0.231. The number of aromatic amines is 1. The number of carbonyl (C=O) groups excluding carboxylic acids is 1. The van der Waals surface area contributed by atoms with E-state index in [2.05, 4.69) is 20.5 Å². The quantitative estimate of drug-likeness (QED) is 0.835. The van der Waals surface area contributed by atoms with Gasteiger partial charge >= 0.3 is 0 Å². The van der Waals surface area contributed by atoms with Crippen LogP contribution in [0, 0.1) is 11.3 Å². The van der Waals surface area contributed by atoms with E-state index in [0.29, 0.717) is 17.1 Å². The van der Waals surface area contributed by atoms with Crippen LogP contribution in [0.15, 0.2) is 30.6 Å². The lowest BCUT2D eigenvalue weighted by atomic mass is 10.2. The van der Waals surface area contributed by atoms with Crippen molar-refractivity contribution in [3.05, 3.63) is 42.0 Å². The van der Waals surface area contributed by atoms with Crippen LogP contribution < -0.4 is 10.1 Å². The minimum atomic E-state index is -0.715. The average Bonchev–Trinajstić information content (AvgIpc) is 2.98. The molecule has 0 saturated carbocycles. The van der Waals surface area contributed by atoms with E-state index in [-0.39, 0.29) is 12.5 Å². The summed E-state index contributed by atoms with van der Waals surface area (Å²) >= 11 is 0. The Balaban J connectivity index is 1.92. The van der Waals surface area contributed by atoms with Gasteiger partial charge in [0.05, 0.1) is 12.1 Å². The Bertz CT molecular complexity index is 618. The first kappa shape index (κ1) is 13.5. The van der Waals surface area contributed by atoms with Gasteiger partial charge in [-0.3, -0.25) is 9.89 Å². The molecule has 0 aliphatic rings. The predicted molar refractivity (Wildman–Crippen MR) is 69.5 cm³/mol. The first-order valence-corrected chi connectivity index (χ1v) is 5.98. The maximum Gasteiger partial charge on any atom is 0.261 e. The summed E-state index contributed by atoms with van der Waals surface area (Å²) in [4.78, 5) is 15.8. The standard InChI is InChI=1S/C13H13N5O2/c1-9(13(19)15-7-12-16-8-17-18-12)20-11-5-3-2-4-10(11)6-14/h2-5,8-9H,7H2,1H3,(H,15,19)(H,16,17,18). The molecule has 0 saturated heterocycles. The molecule has 0 spiro atoms. The lowest BCUT2D eigenvalue weighted by Gasteiger charge is -2.14. The number of ether oxygens (including phenoxy) is 1. The number of aromatic nitrogens is 3. The number of rotatable bonds is 5. The van der Waals surface area contributed by atoms with Gasteiger partial charge in [0.15, 0.2) is 6.10 Å². The SMILES string of the molecule is CC(Oc1ccccc1C#N)C(=O)NCc1ncn[nH]1. The summed E-state index contributed by atoms with van der Waals surface area (Å²) in [6.07, 6.45) is 0.650. The van der Waals surface area contributed by atoms with Crippen molar-refractivity contribution in [1.82, 2.24) is 20.5 Å². The fourth-order valence-electron chi connectivity index (χ4n) is 1.54. The molecule has 2 N–H and O–H groups in total. The van der Waals surface area contributed by atoms with Crippen LogP contribution in [0.2, 0.25) is 0 Å². The molecule has 1 amide bonds. The third kappa shape index (κ3) is 3.32. The highest BCUT2D eigenvalue weighted by Gasteiger charge is 2.16. The molecule has 0 radical (unpaired) electrons. The zero-order valence-electron chi connectivity index (χ0n) is 10.8. The number of para-hydroxylation sites is 1. The smallest absolute Gasteiger partial charge is 0.261 e. The molecular formula is C13H13N5O2. The fourth-order valence-corrected chi connectivity index (χ4v) is 1.54. The van der Waals surface area contributed by atoms with Crippen LogP contribution in [0.3, 0.4) is 0 Å². The minimum Gasteiger partial charge on any atom is -0.480 e. The third-order valence-electron chi connectivity index (χ3n) is 2.58. The Kier molecular flexibility index (Phi) is 4.29. The normalized spacial score (nSPS) is 11.4. The highest BCUT2D eigenvalue weighted by molar-refractivity contribution is 5.80. The van der Waals surface area contributed by atoms with Crippen LogP contribution in [-0.4, -0.2) is 27.2 Å². The van der Waals surface area contributed by atoms with Crippen LogP contribution in [0.1, 0.15) is 18.3 Å². The van der Waals surface area contributed by atoms with Gasteiger partial charge in [-0.05, 0) is 19.1 Å². The van der Waals surface area contributed by atoms with Crippen molar-refractivity contribution in [2.24, 2.45) is 0 Å². The van der Waals surface area contributed by atoms with Crippen molar-refractivity contribution < 1.29 is 9.53 Å². The molecule has 0 bridgehead atoms. The maximum absolute atomic E-state index is 11.9. The third-order valence-corrected chi connectivity index (χ3v) is 2.58. The van der Waals surface area contributed by atoms with E-state index in [1.165, 1.54) is 6.33 Å². The predicted octanol–water partition coefficient (Wildman–Crippen LogP) is 0.760. The summed E-state index contributed by atoms with van der Waals surface area (Å²) in [5.41, 5.74) is 0.391. The Hall–Kier alpha value is -2.88. The number of benzene rings is 1. The van der Waals surface area contributed by atoms with E-state index < -0.39 is 6.10 Å². The lowest BCUT2D eigenvalue weighted by Crippen LogP contribution is -2.36. The van der Waals surface area contributed by atoms with Crippen LogP contribution in [0.5, 0.6) is 5.75 Å². The Labute approximate surface area is 115 Å². The Morgan fingerprint density at radius 1 is 1.55 bits per heavy atom. The molecule has 7 nitrogen and oxygen atoms in total. The van der Waals surface area contributed by atoms with Crippen LogP contribution in [0.4, 0.5) is 0 Å². The molecule has 1 atom stereocenters. The number of nitrogens with zero attached hydrogens (tertiary/aromatic N) is 3. The summed E-state index contributed by atoms with van der Waals surface area (Å²) in [5.74, 6) is 0.648. The van der Waals surface area contributed by atoms with Gasteiger partial charge in [0.1, 0.15) is 24.0 Å². The van der Waals surface area contributed by atoms with E-state index >= 15 is 0 Å². The topological polar surface area (TPSA) is 104 Å². The number of nitriles is 1. The molecule has 0 fully saturated rings. The minimum absolute atomic E-state index is 0.242. The van der Waals surface area contributed by atoms with E-state index in [9.17, 15) is 4.79 Å². The largest absolute Gasteiger partial charge is 0.480 e. The second-order valence-corrected chi connectivity index (χ2v) is 4.02. The zero-order chi connectivity index (χ0) is 14.4. The summed E-state index contributed by atoms with van der Waals surface area (Å²) in [6, 6.07) is 8.78. The number of carbonyl (C=O) groups is 1. The van der Waals surface area contributed by atoms with Gasteiger partial charge in [0, 0.05) is 0 Å². The number of hydrogen-bond donors (Lipinski definition) is 2. The molecule has 2 aromatic rings. The second kappa shape index (κ2) is 6.33. The number of H-pyrrole nitrogens is 1. The summed E-state index contributed by atoms with van der Waals surface area (Å²) in [5, 5.41) is 17.9. The van der Waals surface area contributed by atoms with Crippen molar-refractivity contribution >= 4 is 5.91 Å². The molecule has 7 heteroatoms. The molecule has 1 heterocycles. The van der Waals surface area contributed by atoms with Crippen molar-refractivity contribution in [3.8, 4) is 11.8 Å². The lowest BCUT2D eigenvalue weighted by molar-refractivity contribution is -0.127. The molecule has 20 heavy (non-hydrogen) atoms. The molecule has 1 unspecified atom stereocenters. The number of amides is 1. The van der Waals surface area contributed by atoms with Gasteiger partial charge in [-0.2, -0.15) is 10.4 Å². The zero-order valence-corrected chi connectivity index (χ0v) is 10.8. The molecule has 2 rings (SSSR count). The van der Waals surface area contributed by atoms with Crippen LogP contribution in [0.25, 0.3) is 0 Å². The van der Waals surface area contributed by atoms with Crippen LogP contribution in [-0.2, 0) is 11.3 Å². The van der Waals surface area contributed by atoms with Crippen molar-refractivity contribution in [3.63, 3.8) is 0 Å². The van der Waals surface area contributed by atoms with Gasteiger partial charge < -0.3 is 10.1 Å². The molecule has 1 aromatic carbocycles. The Morgan fingerprint density at radius 3 is 3.05 bits per heavy atom. The highest BCUT2D eigenvalue weighted by Crippen LogP contribution is 2.18. The highest BCUT2D eigenvalue weighted by atomic mass is 16.5. The van der Waals surface area contributed by atoms with E-state index in [4.69, 9.17) is 10.00 Å². The number of hydrogen-bond acceptors (Lipinski definition) is 5. The molecule has 1 aromatic heterocycles. The molecule has 0 aliphatic heterocycles. The monoisotopic (exact) mass is 271 g/mol. The van der Waals surface area contributed by atoms with Gasteiger partial charge in [0.2, 0.25) is 0 Å². The first-order chi connectivity index (χ1) is 9.70. The van der Waals surface area contributed by atoms with Gasteiger partial charge in [-0.1, -0.05) is 12.1 Å². The van der Waals surface area contributed by atoms with Gasteiger partial charge in [-0.15, -0.1) is 0 Å². The van der Waals surface area contributed by atoms with E-state index in [0.717, 1.165) is 0 Å². The molecule has 102 valence electrons. The van der Waals surface area contributed by atoms with Gasteiger partial charge in [-0.25, -0.2) is 4.98 Å². The summed E-state index contributed by atoms with van der Waals surface area (Å²) in [6.45, 7) is 1.86. The van der Waals surface area contributed by atoms with Gasteiger partial charge in [0.25, 0.3) is 5.91 Å². The molecular weight excluding hydrogens is 258 g/mol. The van der Waals surface area contributed by atoms with Crippen molar-refractivity contribution in [2.75, 3.05) is 0 Å². The summed E-state index contributed by atoms with van der Waals surface area (Å²) in [7, 11) is 0. The summed E-state index contributed by atoms with van der Waals surface area (Å²) < 4.78 is 5.49. The molecule has 0 aliphatic carbocycles. The first-order valence-electron chi connectivity index (χ1n) is 5.98. The number of nitrogens with one attached hydrogen (secondary N) is 2. The average molecular weight is 271 g/mol.